The number of phenolic OH excluding ortho intramolecular Hbond substituents is 1. The fourth-order valence-electron chi connectivity index (χ4n) is 4.80. The first-order valence-electron chi connectivity index (χ1n) is 7.43. The van der Waals surface area contributed by atoms with E-state index in [2.05, 4.69) is 19.9 Å². The number of hydrogen-bond acceptors (Lipinski definition) is 2. The summed E-state index contributed by atoms with van der Waals surface area (Å²) in [4.78, 5) is 0. The molecule has 1 fully saturated rings. The Labute approximate surface area is 115 Å². The van der Waals surface area contributed by atoms with E-state index in [1.54, 1.807) is 0 Å². The van der Waals surface area contributed by atoms with E-state index in [1.807, 2.05) is 12.1 Å². The number of benzene rings is 1. The summed E-state index contributed by atoms with van der Waals surface area (Å²) in [6.45, 7) is 4.90. The van der Waals surface area contributed by atoms with Gasteiger partial charge in [0.05, 0.1) is 0 Å². The molecule has 2 heteroatoms. The average Bonchev–Trinajstić information content (AvgIpc) is 2.38. The lowest BCUT2D eigenvalue weighted by Gasteiger charge is -2.55. The van der Waals surface area contributed by atoms with E-state index in [0.717, 1.165) is 19.3 Å². The Hall–Kier alpha value is -1.02. The number of aliphatic hydroxyl groups excluding tert-OH is 1. The summed E-state index contributed by atoms with van der Waals surface area (Å²) in [7, 11) is 0. The van der Waals surface area contributed by atoms with Crippen LogP contribution in [-0.4, -0.2) is 16.8 Å². The number of fused-ring (bicyclic) bond motifs is 3. The number of aliphatic hydroxyl groups is 1. The lowest BCUT2D eigenvalue weighted by atomic mass is 9.50. The van der Waals surface area contributed by atoms with Crippen LogP contribution >= 0.6 is 0 Å². The first-order valence-corrected chi connectivity index (χ1v) is 7.43. The Morgan fingerprint density at radius 1 is 1.26 bits per heavy atom. The van der Waals surface area contributed by atoms with Crippen LogP contribution < -0.4 is 0 Å². The van der Waals surface area contributed by atoms with Crippen LogP contribution in [0.5, 0.6) is 5.75 Å². The third-order valence-electron chi connectivity index (χ3n) is 5.82. The molecule has 2 N–H and O–H groups in total. The van der Waals surface area contributed by atoms with Crippen molar-refractivity contribution in [3.63, 3.8) is 0 Å². The topological polar surface area (TPSA) is 40.5 Å². The minimum absolute atomic E-state index is 0.0581. The second-order valence-electron chi connectivity index (χ2n) is 7.02. The predicted molar refractivity (Wildman–Crippen MR) is 76.3 cm³/mol. The van der Waals surface area contributed by atoms with E-state index in [0.29, 0.717) is 18.3 Å². The zero-order chi connectivity index (χ0) is 13.7. The Morgan fingerprint density at radius 2 is 2.05 bits per heavy atom. The highest BCUT2D eigenvalue weighted by Crippen LogP contribution is 2.57. The van der Waals surface area contributed by atoms with Crippen LogP contribution in [-0.2, 0) is 11.8 Å². The Balaban J connectivity index is 2.09. The smallest absolute Gasteiger partial charge is 0.115 e. The predicted octanol–water partition coefficient (Wildman–Crippen LogP) is 3.39. The summed E-state index contributed by atoms with van der Waals surface area (Å²) in [5, 5.41) is 19.5. The van der Waals surface area contributed by atoms with Gasteiger partial charge in [0.2, 0.25) is 0 Å². The van der Waals surface area contributed by atoms with Gasteiger partial charge >= 0.3 is 0 Å². The lowest BCUT2D eigenvalue weighted by molar-refractivity contribution is -0.0179. The molecule has 104 valence electrons. The molecule has 0 saturated heterocycles. The van der Waals surface area contributed by atoms with Gasteiger partial charge in [0, 0.05) is 6.61 Å². The van der Waals surface area contributed by atoms with Gasteiger partial charge in [-0.1, -0.05) is 26.3 Å². The molecule has 0 aromatic heterocycles. The zero-order valence-corrected chi connectivity index (χ0v) is 11.9. The largest absolute Gasteiger partial charge is 0.508 e. The molecule has 1 aromatic carbocycles. The Bertz CT molecular complexity index is 496. The molecule has 3 rings (SSSR count). The van der Waals surface area contributed by atoms with Gasteiger partial charge in [0.25, 0.3) is 0 Å². The van der Waals surface area contributed by atoms with Crippen LogP contribution in [0.2, 0.25) is 0 Å². The van der Waals surface area contributed by atoms with Gasteiger partial charge in [-0.2, -0.15) is 0 Å². The monoisotopic (exact) mass is 260 g/mol. The summed E-state index contributed by atoms with van der Waals surface area (Å²) in [5.74, 6) is 0.928. The second-order valence-corrected chi connectivity index (χ2v) is 7.02. The molecule has 0 heterocycles. The first-order chi connectivity index (χ1) is 8.99. The summed E-state index contributed by atoms with van der Waals surface area (Å²) >= 11 is 0. The summed E-state index contributed by atoms with van der Waals surface area (Å²) < 4.78 is 0. The van der Waals surface area contributed by atoms with E-state index in [1.165, 1.54) is 24.0 Å². The minimum atomic E-state index is 0.0581. The van der Waals surface area contributed by atoms with Crippen molar-refractivity contribution in [1.29, 1.82) is 0 Å². The first kappa shape index (κ1) is 13.0. The van der Waals surface area contributed by atoms with Gasteiger partial charge in [-0.3, -0.25) is 0 Å². The number of aromatic hydroxyl groups is 1. The molecular weight excluding hydrogens is 236 g/mol. The molecule has 0 bridgehead atoms. The van der Waals surface area contributed by atoms with Crippen molar-refractivity contribution in [3.8, 4) is 5.75 Å². The van der Waals surface area contributed by atoms with Crippen molar-refractivity contribution < 1.29 is 10.2 Å². The van der Waals surface area contributed by atoms with Crippen molar-refractivity contribution in [1.82, 2.24) is 0 Å². The Morgan fingerprint density at radius 3 is 2.79 bits per heavy atom. The molecule has 1 saturated carbocycles. The van der Waals surface area contributed by atoms with Crippen LogP contribution in [0.15, 0.2) is 18.2 Å². The maximum atomic E-state index is 9.86. The third-order valence-corrected chi connectivity index (χ3v) is 5.82. The second kappa shape index (κ2) is 4.24. The molecule has 19 heavy (non-hydrogen) atoms. The summed E-state index contributed by atoms with van der Waals surface area (Å²) in [6, 6.07) is 5.86. The standard InChI is InChI=1S/C17H24O2/c1-16(11-18)8-3-9-17(2)14-6-5-13(19)10-12(14)4-7-15(16)17/h5-6,10,15,18-19H,3-4,7-9,11H2,1-2H3/t15-,16-,17+/m0/s1. The Kier molecular flexibility index (Phi) is 2.90. The molecule has 0 amide bonds. The molecule has 2 aliphatic rings. The van der Waals surface area contributed by atoms with Crippen LogP contribution in [0.1, 0.15) is 50.7 Å². The molecule has 0 radical (unpaired) electrons. The van der Waals surface area contributed by atoms with Crippen molar-refractivity contribution in [2.45, 2.75) is 51.4 Å². The summed E-state index contributed by atoms with van der Waals surface area (Å²) in [6.07, 6.45) is 5.68. The van der Waals surface area contributed by atoms with Gasteiger partial charge in [-0.15, -0.1) is 0 Å². The number of rotatable bonds is 1. The van der Waals surface area contributed by atoms with Gasteiger partial charge in [-0.25, -0.2) is 0 Å². The number of hydrogen-bond donors (Lipinski definition) is 2. The highest BCUT2D eigenvalue weighted by Gasteiger charge is 2.51. The molecule has 0 spiro atoms. The molecular formula is C17H24O2. The van der Waals surface area contributed by atoms with Gasteiger partial charge in [0.15, 0.2) is 0 Å². The van der Waals surface area contributed by atoms with E-state index >= 15 is 0 Å². The van der Waals surface area contributed by atoms with Crippen molar-refractivity contribution in [3.05, 3.63) is 29.3 Å². The maximum absolute atomic E-state index is 9.86. The maximum Gasteiger partial charge on any atom is 0.115 e. The number of aryl methyl sites for hydroxylation is 1. The van der Waals surface area contributed by atoms with Crippen molar-refractivity contribution in [2.24, 2.45) is 11.3 Å². The lowest BCUT2D eigenvalue weighted by Crippen LogP contribution is -2.50. The summed E-state index contributed by atoms with van der Waals surface area (Å²) in [5.41, 5.74) is 2.93. The fraction of sp³-hybridized carbons (Fsp3) is 0.647. The van der Waals surface area contributed by atoms with Crippen LogP contribution in [0, 0.1) is 11.3 Å². The molecule has 3 atom stereocenters. The molecule has 0 aliphatic heterocycles. The van der Waals surface area contributed by atoms with Gasteiger partial charge in [0.1, 0.15) is 5.75 Å². The van der Waals surface area contributed by atoms with E-state index in [9.17, 15) is 10.2 Å². The van der Waals surface area contributed by atoms with Gasteiger partial charge < -0.3 is 10.2 Å². The van der Waals surface area contributed by atoms with E-state index in [4.69, 9.17) is 0 Å². The molecule has 2 aliphatic carbocycles. The van der Waals surface area contributed by atoms with Crippen LogP contribution in [0.4, 0.5) is 0 Å². The van der Waals surface area contributed by atoms with Gasteiger partial charge in [-0.05, 0) is 65.7 Å². The van der Waals surface area contributed by atoms with Crippen LogP contribution in [0.3, 0.4) is 0 Å². The molecule has 0 unspecified atom stereocenters. The highest BCUT2D eigenvalue weighted by molar-refractivity contribution is 5.42. The zero-order valence-electron chi connectivity index (χ0n) is 11.9. The molecule has 2 nitrogen and oxygen atoms in total. The van der Waals surface area contributed by atoms with Crippen molar-refractivity contribution in [2.75, 3.05) is 6.61 Å². The fourth-order valence-corrected chi connectivity index (χ4v) is 4.80. The molecule has 1 aromatic rings. The highest BCUT2D eigenvalue weighted by atomic mass is 16.3. The van der Waals surface area contributed by atoms with E-state index in [-0.39, 0.29) is 10.8 Å². The SMILES string of the molecule is C[C@@]1(CO)CCC[C@]2(C)c3ccc(O)cc3CC[C@@H]12. The van der Waals surface area contributed by atoms with Crippen LogP contribution in [0.25, 0.3) is 0 Å². The average molecular weight is 260 g/mol. The minimum Gasteiger partial charge on any atom is -0.508 e. The quantitative estimate of drug-likeness (QED) is 0.812. The normalized spacial score (nSPS) is 37.5. The van der Waals surface area contributed by atoms with Crippen molar-refractivity contribution >= 4 is 0 Å². The number of phenols is 1. The third kappa shape index (κ3) is 1.80. The van der Waals surface area contributed by atoms with E-state index < -0.39 is 0 Å².